The van der Waals surface area contributed by atoms with Crippen molar-refractivity contribution in [2.45, 2.75) is 26.1 Å². The van der Waals surface area contributed by atoms with Crippen molar-refractivity contribution in [3.63, 3.8) is 0 Å². The fourth-order valence-electron chi connectivity index (χ4n) is 1.54. The van der Waals surface area contributed by atoms with E-state index in [2.05, 4.69) is 5.32 Å². The molecule has 6 heteroatoms. The molecule has 0 aromatic heterocycles. The van der Waals surface area contributed by atoms with Crippen LogP contribution in [0.5, 0.6) is 0 Å². The molecule has 19 heavy (non-hydrogen) atoms. The van der Waals surface area contributed by atoms with Gasteiger partial charge in [-0.25, -0.2) is 0 Å². The zero-order valence-corrected chi connectivity index (χ0v) is 11.9. The van der Waals surface area contributed by atoms with Gasteiger partial charge in [0.05, 0.1) is 10.3 Å². The third-order valence-corrected chi connectivity index (χ3v) is 3.50. The molecule has 1 aromatic carbocycles. The maximum Gasteiger partial charge on any atom is 0.269 e. The average Bonchev–Trinajstić information content (AvgIpc) is 2.34. The van der Waals surface area contributed by atoms with E-state index in [1.165, 1.54) is 18.2 Å². The molecule has 0 bridgehead atoms. The van der Waals surface area contributed by atoms with Crippen LogP contribution in [0.15, 0.2) is 18.2 Å². The van der Waals surface area contributed by atoms with Gasteiger partial charge in [0.1, 0.15) is 0 Å². The molecule has 1 amide bonds. The number of carbonyl (C=O) groups excluding carboxylic acids is 1. The van der Waals surface area contributed by atoms with Crippen LogP contribution in [0, 0.1) is 23.0 Å². The maximum atomic E-state index is 11.9. The van der Waals surface area contributed by atoms with E-state index < -0.39 is 4.92 Å². The molecule has 0 saturated carbocycles. The first-order valence-corrected chi connectivity index (χ1v) is 6.44. The van der Waals surface area contributed by atoms with Crippen molar-refractivity contribution >= 4 is 23.2 Å². The second-order valence-corrected chi connectivity index (χ2v) is 5.29. The lowest BCUT2D eigenvalue weighted by molar-refractivity contribution is -0.384. The highest BCUT2D eigenvalue weighted by molar-refractivity contribution is 6.21. The quantitative estimate of drug-likeness (QED) is 0.513. The van der Waals surface area contributed by atoms with Crippen molar-refractivity contribution in [3.8, 4) is 0 Å². The van der Waals surface area contributed by atoms with Crippen molar-refractivity contribution in [1.29, 1.82) is 0 Å². The molecule has 1 atom stereocenters. The molecule has 0 heterocycles. The molecular weight excluding hydrogens is 268 g/mol. The first-order valence-electron chi connectivity index (χ1n) is 6.00. The van der Waals surface area contributed by atoms with Crippen molar-refractivity contribution in [3.05, 3.63) is 39.4 Å². The van der Waals surface area contributed by atoms with Crippen LogP contribution in [0.1, 0.15) is 29.8 Å². The Morgan fingerprint density at radius 3 is 2.58 bits per heavy atom. The maximum absolute atomic E-state index is 11.9. The minimum absolute atomic E-state index is 0.0218. The summed E-state index contributed by atoms with van der Waals surface area (Å²) in [4.78, 5) is 22.1. The van der Waals surface area contributed by atoms with Crippen molar-refractivity contribution in [2.24, 2.45) is 5.92 Å². The number of alkyl halides is 1. The summed E-state index contributed by atoms with van der Waals surface area (Å²) in [6.07, 6.45) is 0. The molecule has 0 fully saturated rings. The summed E-state index contributed by atoms with van der Waals surface area (Å²) in [5, 5.41) is 13.2. The molecule has 1 unspecified atom stereocenters. The highest BCUT2D eigenvalue weighted by Crippen LogP contribution is 2.17. The molecule has 0 radical (unpaired) electrons. The summed E-state index contributed by atoms with van der Waals surface area (Å²) in [7, 11) is 0. The van der Waals surface area contributed by atoms with Gasteiger partial charge in [0.25, 0.3) is 11.6 Å². The van der Waals surface area contributed by atoms with Gasteiger partial charge in [0, 0.05) is 24.2 Å². The second kappa shape index (κ2) is 6.52. The number of nitro groups is 1. The standard InChI is InChI=1S/C13H17ClN2O3/c1-8(2)12(14)7-15-13(17)11-5-4-10(16(18)19)6-9(11)3/h4-6,8,12H,7H2,1-3H3,(H,15,17). The Balaban J connectivity index is 2.75. The highest BCUT2D eigenvalue weighted by Gasteiger charge is 2.15. The fourth-order valence-corrected chi connectivity index (χ4v) is 1.61. The molecule has 1 rings (SSSR count). The zero-order chi connectivity index (χ0) is 14.6. The van der Waals surface area contributed by atoms with Crippen LogP contribution in [-0.4, -0.2) is 22.8 Å². The highest BCUT2D eigenvalue weighted by atomic mass is 35.5. The van der Waals surface area contributed by atoms with Crippen molar-refractivity contribution in [1.82, 2.24) is 5.32 Å². The molecule has 1 aromatic rings. The minimum Gasteiger partial charge on any atom is -0.351 e. The van der Waals surface area contributed by atoms with Crippen LogP contribution in [0.4, 0.5) is 5.69 Å². The van der Waals surface area contributed by atoms with Crippen LogP contribution in [0.25, 0.3) is 0 Å². The largest absolute Gasteiger partial charge is 0.351 e. The third-order valence-electron chi connectivity index (χ3n) is 2.85. The van der Waals surface area contributed by atoms with E-state index in [0.29, 0.717) is 17.7 Å². The molecule has 104 valence electrons. The number of nitrogens with zero attached hydrogens (tertiary/aromatic N) is 1. The molecule has 1 N–H and O–H groups in total. The second-order valence-electron chi connectivity index (χ2n) is 4.73. The molecule has 0 aliphatic heterocycles. The van der Waals surface area contributed by atoms with Gasteiger partial charge < -0.3 is 5.32 Å². The number of halogens is 1. The summed E-state index contributed by atoms with van der Waals surface area (Å²) in [5.41, 5.74) is 0.979. The van der Waals surface area contributed by atoms with Crippen LogP contribution < -0.4 is 5.32 Å². The number of benzene rings is 1. The van der Waals surface area contributed by atoms with Gasteiger partial charge in [-0.1, -0.05) is 13.8 Å². The van der Waals surface area contributed by atoms with Gasteiger partial charge in [-0.05, 0) is 24.5 Å². The van der Waals surface area contributed by atoms with Crippen LogP contribution in [0.3, 0.4) is 0 Å². The first kappa shape index (κ1) is 15.4. The predicted molar refractivity (Wildman–Crippen MR) is 74.6 cm³/mol. The number of aryl methyl sites for hydroxylation is 1. The van der Waals surface area contributed by atoms with Gasteiger partial charge in [-0.2, -0.15) is 0 Å². The molecule has 0 aliphatic rings. The van der Waals surface area contributed by atoms with Gasteiger partial charge in [-0.3, -0.25) is 14.9 Å². The van der Waals surface area contributed by atoms with Crippen LogP contribution >= 0.6 is 11.6 Å². The topological polar surface area (TPSA) is 72.2 Å². The number of carbonyl (C=O) groups is 1. The van der Waals surface area contributed by atoms with Gasteiger partial charge in [0.15, 0.2) is 0 Å². The average molecular weight is 285 g/mol. The Kier molecular flexibility index (Phi) is 5.30. The number of hydrogen-bond acceptors (Lipinski definition) is 3. The Hall–Kier alpha value is -1.62. The van der Waals surface area contributed by atoms with E-state index in [4.69, 9.17) is 11.6 Å². The molecule has 5 nitrogen and oxygen atoms in total. The minimum atomic E-state index is -0.484. The number of non-ortho nitro benzene ring substituents is 1. The number of hydrogen-bond donors (Lipinski definition) is 1. The SMILES string of the molecule is Cc1cc([N+](=O)[O-])ccc1C(=O)NCC(Cl)C(C)C. The molecule has 0 saturated heterocycles. The molecule has 0 aliphatic carbocycles. The van der Waals surface area contributed by atoms with E-state index >= 15 is 0 Å². The zero-order valence-electron chi connectivity index (χ0n) is 11.1. The summed E-state index contributed by atoms with van der Waals surface area (Å²) in [5.74, 6) is -0.00128. The van der Waals surface area contributed by atoms with E-state index in [-0.39, 0.29) is 22.9 Å². The summed E-state index contributed by atoms with van der Waals surface area (Å²) in [6.45, 7) is 5.99. The first-order chi connectivity index (χ1) is 8.82. The Bertz CT molecular complexity index is 489. The Morgan fingerprint density at radius 1 is 1.47 bits per heavy atom. The van der Waals surface area contributed by atoms with E-state index in [1.54, 1.807) is 6.92 Å². The third kappa shape index (κ3) is 4.21. The van der Waals surface area contributed by atoms with Crippen LogP contribution in [0.2, 0.25) is 0 Å². The van der Waals surface area contributed by atoms with Gasteiger partial charge >= 0.3 is 0 Å². The van der Waals surface area contributed by atoms with Gasteiger partial charge in [0.2, 0.25) is 0 Å². The number of nitro benzene ring substituents is 1. The summed E-state index contributed by atoms with van der Waals surface area (Å²) >= 11 is 6.05. The normalized spacial score (nSPS) is 12.3. The van der Waals surface area contributed by atoms with E-state index in [0.717, 1.165) is 0 Å². The summed E-state index contributed by atoms with van der Waals surface area (Å²) in [6, 6.07) is 4.17. The van der Waals surface area contributed by atoms with Crippen molar-refractivity contribution in [2.75, 3.05) is 6.54 Å². The number of rotatable bonds is 5. The fraction of sp³-hybridized carbons (Fsp3) is 0.462. The lowest BCUT2D eigenvalue weighted by Crippen LogP contribution is -2.32. The lowest BCUT2D eigenvalue weighted by atomic mass is 10.1. The number of amides is 1. The molecule has 0 spiro atoms. The van der Waals surface area contributed by atoms with Gasteiger partial charge in [-0.15, -0.1) is 11.6 Å². The van der Waals surface area contributed by atoms with E-state index in [1.807, 2.05) is 13.8 Å². The number of nitrogens with one attached hydrogen (secondary N) is 1. The monoisotopic (exact) mass is 284 g/mol. The molecular formula is C13H17ClN2O3. The lowest BCUT2D eigenvalue weighted by Gasteiger charge is -2.14. The van der Waals surface area contributed by atoms with E-state index in [9.17, 15) is 14.9 Å². The Morgan fingerprint density at radius 2 is 2.11 bits per heavy atom. The predicted octanol–water partition coefficient (Wildman–Crippen LogP) is 2.90. The van der Waals surface area contributed by atoms with Crippen LogP contribution in [-0.2, 0) is 0 Å². The van der Waals surface area contributed by atoms with Crippen molar-refractivity contribution < 1.29 is 9.72 Å². The Labute approximate surface area is 117 Å². The smallest absolute Gasteiger partial charge is 0.269 e. The summed E-state index contributed by atoms with van der Waals surface area (Å²) < 4.78 is 0.